The summed E-state index contributed by atoms with van der Waals surface area (Å²) in [5.41, 5.74) is 3.82. The second kappa shape index (κ2) is 10.5. The second-order valence-electron chi connectivity index (χ2n) is 6.27. The molecule has 3 aromatic rings. The van der Waals surface area contributed by atoms with Crippen LogP contribution in [0.15, 0.2) is 64.2 Å². The highest BCUT2D eigenvalue weighted by molar-refractivity contribution is 9.10. The van der Waals surface area contributed by atoms with Crippen molar-refractivity contribution in [1.82, 2.24) is 5.43 Å². The fourth-order valence-electron chi connectivity index (χ4n) is 2.64. The van der Waals surface area contributed by atoms with E-state index in [-0.39, 0.29) is 18.1 Å². The number of hydrogen-bond donors (Lipinski definition) is 2. The first kappa shape index (κ1) is 22.9. The largest absolute Gasteiger partial charge is 0.504 e. The molecule has 0 heterocycles. The van der Waals surface area contributed by atoms with Gasteiger partial charge in [-0.15, -0.1) is 0 Å². The Bertz CT molecular complexity index is 1140. The van der Waals surface area contributed by atoms with Crippen molar-refractivity contribution in [2.45, 2.75) is 6.61 Å². The van der Waals surface area contributed by atoms with Crippen molar-refractivity contribution in [2.24, 2.45) is 5.10 Å². The molecule has 0 aliphatic carbocycles. The van der Waals surface area contributed by atoms with E-state index >= 15 is 0 Å². The molecular formula is C22H17BrCl2N2O4. The minimum absolute atomic E-state index is 0.0905. The average molecular weight is 524 g/mol. The van der Waals surface area contributed by atoms with Gasteiger partial charge in [0.1, 0.15) is 12.4 Å². The summed E-state index contributed by atoms with van der Waals surface area (Å²) in [4.78, 5) is 12.6. The number of carbonyl (C=O) groups excluding carboxylic acids is 1. The molecule has 0 radical (unpaired) electrons. The highest BCUT2D eigenvalue weighted by atomic mass is 79.9. The molecule has 160 valence electrons. The molecule has 6 nitrogen and oxygen atoms in total. The molecule has 3 rings (SSSR count). The van der Waals surface area contributed by atoms with Gasteiger partial charge in [0.05, 0.1) is 18.9 Å². The van der Waals surface area contributed by atoms with Crippen LogP contribution in [0, 0.1) is 0 Å². The smallest absolute Gasteiger partial charge is 0.275 e. The van der Waals surface area contributed by atoms with Crippen molar-refractivity contribution < 1.29 is 19.4 Å². The lowest BCUT2D eigenvalue weighted by molar-refractivity contribution is 0.0950. The second-order valence-corrected chi connectivity index (χ2v) is 8.02. The molecule has 0 saturated carbocycles. The topological polar surface area (TPSA) is 80.2 Å². The fraction of sp³-hybridized carbons (Fsp3) is 0.0909. The van der Waals surface area contributed by atoms with Crippen LogP contribution < -0.4 is 14.9 Å². The zero-order valence-corrected chi connectivity index (χ0v) is 19.3. The Morgan fingerprint density at radius 2 is 1.94 bits per heavy atom. The number of halogens is 3. The van der Waals surface area contributed by atoms with Gasteiger partial charge in [-0.2, -0.15) is 5.10 Å². The minimum atomic E-state index is -0.476. The van der Waals surface area contributed by atoms with Crippen LogP contribution in [0.2, 0.25) is 10.0 Å². The lowest BCUT2D eigenvalue weighted by Gasteiger charge is -2.11. The number of hydrazone groups is 1. The van der Waals surface area contributed by atoms with Crippen molar-refractivity contribution in [3.05, 3.63) is 85.8 Å². The van der Waals surface area contributed by atoms with Gasteiger partial charge in [0.25, 0.3) is 5.91 Å². The third kappa shape index (κ3) is 5.91. The maximum absolute atomic E-state index is 12.6. The monoisotopic (exact) mass is 522 g/mol. The van der Waals surface area contributed by atoms with Gasteiger partial charge in [0.2, 0.25) is 0 Å². The maximum atomic E-state index is 12.6. The van der Waals surface area contributed by atoms with E-state index in [0.717, 1.165) is 5.56 Å². The Morgan fingerprint density at radius 3 is 2.68 bits per heavy atom. The van der Waals surface area contributed by atoms with Crippen LogP contribution in [0.25, 0.3) is 0 Å². The van der Waals surface area contributed by atoms with E-state index in [0.29, 0.717) is 31.4 Å². The average Bonchev–Trinajstić information content (AvgIpc) is 2.75. The maximum Gasteiger partial charge on any atom is 0.275 e. The van der Waals surface area contributed by atoms with Gasteiger partial charge >= 0.3 is 0 Å². The van der Waals surface area contributed by atoms with Crippen molar-refractivity contribution in [3.8, 4) is 17.2 Å². The highest BCUT2D eigenvalue weighted by Gasteiger charge is 2.13. The lowest BCUT2D eigenvalue weighted by atomic mass is 10.2. The Kier molecular flexibility index (Phi) is 7.79. The predicted octanol–water partition coefficient (Wildman–Crippen LogP) is 5.81. The summed E-state index contributed by atoms with van der Waals surface area (Å²) in [7, 11) is 1.44. The molecule has 0 unspecified atom stereocenters. The van der Waals surface area contributed by atoms with Crippen LogP contribution in [0.4, 0.5) is 0 Å². The van der Waals surface area contributed by atoms with E-state index in [4.69, 9.17) is 32.7 Å². The van der Waals surface area contributed by atoms with Gasteiger partial charge in [-0.3, -0.25) is 4.79 Å². The molecule has 2 N–H and O–H groups in total. The summed E-state index contributed by atoms with van der Waals surface area (Å²) >= 11 is 15.4. The first-order valence-electron chi connectivity index (χ1n) is 8.94. The van der Waals surface area contributed by atoms with E-state index < -0.39 is 5.91 Å². The van der Waals surface area contributed by atoms with Crippen LogP contribution in [-0.4, -0.2) is 24.3 Å². The summed E-state index contributed by atoms with van der Waals surface area (Å²) in [5.74, 6) is 0.0812. The number of phenols is 1. The van der Waals surface area contributed by atoms with E-state index in [9.17, 15) is 9.90 Å². The van der Waals surface area contributed by atoms with Gasteiger partial charge in [0, 0.05) is 25.6 Å². The van der Waals surface area contributed by atoms with Crippen LogP contribution in [0.3, 0.4) is 0 Å². The summed E-state index contributed by atoms with van der Waals surface area (Å²) in [6.07, 6.45) is 1.32. The van der Waals surface area contributed by atoms with Crippen LogP contribution in [0.5, 0.6) is 17.2 Å². The zero-order chi connectivity index (χ0) is 22.4. The van der Waals surface area contributed by atoms with Gasteiger partial charge in [-0.25, -0.2) is 5.43 Å². The normalized spacial score (nSPS) is 10.8. The van der Waals surface area contributed by atoms with Gasteiger partial charge in [-0.05, 0) is 36.4 Å². The van der Waals surface area contributed by atoms with E-state index in [2.05, 4.69) is 26.5 Å². The molecular weight excluding hydrogens is 507 g/mol. The number of hydrogen-bond acceptors (Lipinski definition) is 5. The molecule has 0 spiro atoms. The summed E-state index contributed by atoms with van der Waals surface area (Å²) < 4.78 is 11.6. The zero-order valence-electron chi connectivity index (χ0n) is 16.2. The Hall–Kier alpha value is -2.74. The van der Waals surface area contributed by atoms with Crippen molar-refractivity contribution in [1.29, 1.82) is 0 Å². The predicted molar refractivity (Wildman–Crippen MR) is 125 cm³/mol. The number of nitrogens with zero attached hydrogens (tertiary/aromatic N) is 1. The summed E-state index contributed by atoms with van der Waals surface area (Å²) in [5, 5.41) is 15.1. The third-order valence-corrected chi connectivity index (χ3v) is 5.23. The molecule has 0 atom stereocenters. The number of aromatic hydroxyl groups is 1. The Morgan fingerprint density at radius 1 is 1.16 bits per heavy atom. The Labute approximate surface area is 197 Å². The number of nitrogens with one attached hydrogen (secondary N) is 1. The van der Waals surface area contributed by atoms with Crippen LogP contribution in [0.1, 0.15) is 21.5 Å². The van der Waals surface area contributed by atoms with E-state index in [1.165, 1.54) is 13.3 Å². The van der Waals surface area contributed by atoms with E-state index in [1.54, 1.807) is 54.6 Å². The Balaban J connectivity index is 1.71. The van der Waals surface area contributed by atoms with Gasteiger partial charge < -0.3 is 14.6 Å². The molecule has 0 aromatic heterocycles. The fourth-order valence-corrected chi connectivity index (χ4v) is 3.56. The molecule has 0 aliphatic heterocycles. The van der Waals surface area contributed by atoms with Crippen molar-refractivity contribution >= 4 is 51.3 Å². The highest BCUT2D eigenvalue weighted by Crippen LogP contribution is 2.32. The van der Waals surface area contributed by atoms with E-state index in [1.807, 2.05) is 0 Å². The van der Waals surface area contributed by atoms with Crippen molar-refractivity contribution in [3.63, 3.8) is 0 Å². The molecule has 0 fully saturated rings. The standard InChI is InChI=1S/C22H17BrCl2N2O4/c1-30-20-9-15(23)8-14(21(20)28)11-26-27-22(29)17-4-2-3-5-19(17)31-12-13-6-7-16(24)10-18(13)25/h2-11,28H,12H2,1H3,(H,27,29)/b26-11+. The van der Waals surface area contributed by atoms with Crippen molar-refractivity contribution in [2.75, 3.05) is 7.11 Å². The first-order valence-corrected chi connectivity index (χ1v) is 10.5. The number of para-hydroxylation sites is 1. The van der Waals surface area contributed by atoms with Crippen LogP contribution in [-0.2, 0) is 6.61 Å². The SMILES string of the molecule is COc1cc(Br)cc(/C=N/NC(=O)c2ccccc2OCc2ccc(Cl)cc2Cl)c1O. The number of phenolic OH excluding ortho intramolecular Hbond substituents is 1. The first-order chi connectivity index (χ1) is 14.9. The number of carbonyl (C=O) groups is 1. The minimum Gasteiger partial charge on any atom is -0.504 e. The quantitative estimate of drug-likeness (QED) is 0.302. The molecule has 0 aliphatic rings. The molecule has 0 bridgehead atoms. The summed E-state index contributed by atoms with van der Waals surface area (Å²) in [6.45, 7) is 0.162. The number of benzene rings is 3. The molecule has 9 heteroatoms. The number of methoxy groups -OCH3 is 1. The number of rotatable bonds is 7. The van der Waals surface area contributed by atoms with Crippen LogP contribution >= 0.6 is 39.1 Å². The molecule has 31 heavy (non-hydrogen) atoms. The molecule has 3 aromatic carbocycles. The number of ether oxygens (including phenoxy) is 2. The number of amides is 1. The molecule has 1 amide bonds. The third-order valence-electron chi connectivity index (χ3n) is 4.19. The van der Waals surface area contributed by atoms with Gasteiger partial charge in [0.15, 0.2) is 11.5 Å². The lowest BCUT2D eigenvalue weighted by Crippen LogP contribution is -2.18. The summed E-state index contributed by atoms with van der Waals surface area (Å²) in [6, 6.07) is 15.1. The molecule has 0 saturated heterocycles. The van der Waals surface area contributed by atoms with Gasteiger partial charge in [-0.1, -0.05) is 57.3 Å².